The summed E-state index contributed by atoms with van der Waals surface area (Å²) in [5, 5.41) is 0. The molecular weight excluding hydrogens is 279 g/mol. The molecule has 1 aromatic carbocycles. The van der Waals surface area contributed by atoms with Crippen molar-refractivity contribution in [1.29, 1.82) is 0 Å². The van der Waals surface area contributed by atoms with E-state index in [0.717, 1.165) is 31.8 Å². The van der Waals surface area contributed by atoms with Crippen molar-refractivity contribution in [3.8, 4) is 0 Å². The molecule has 1 aliphatic heterocycles. The van der Waals surface area contributed by atoms with Crippen LogP contribution in [0.15, 0.2) is 24.3 Å². The highest BCUT2D eigenvalue weighted by molar-refractivity contribution is 5.28. The molecule has 1 aliphatic rings. The van der Waals surface area contributed by atoms with Gasteiger partial charge in [-0.1, -0.05) is 12.1 Å². The Labute approximate surface area is 123 Å². The van der Waals surface area contributed by atoms with E-state index in [1.807, 2.05) is 7.05 Å². The lowest BCUT2D eigenvalue weighted by Gasteiger charge is -2.38. The molecule has 0 bridgehead atoms. The standard InChI is InChI=1S/C15H22F3N3/c1-20-6-7-21(2)13(10-20)9-14(19)11-4-3-5-12(8-11)15(16,17)18/h3-5,8,13-14H,6-7,9-10,19H2,1-2H3. The average molecular weight is 301 g/mol. The first-order valence-electron chi connectivity index (χ1n) is 7.09. The molecule has 2 unspecified atom stereocenters. The number of hydrogen-bond acceptors (Lipinski definition) is 3. The third kappa shape index (κ3) is 4.18. The van der Waals surface area contributed by atoms with Gasteiger partial charge in [-0.05, 0) is 38.2 Å². The Morgan fingerprint density at radius 3 is 2.67 bits per heavy atom. The van der Waals surface area contributed by atoms with Gasteiger partial charge in [0.25, 0.3) is 0 Å². The van der Waals surface area contributed by atoms with Gasteiger partial charge in [-0.25, -0.2) is 0 Å². The van der Waals surface area contributed by atoms with Crippen molar-refractivity contribution in [2.24, 2.45) is 5.73 Å². The predicted molar refractivity (Wildman–Crippen MR) is 76.9 cm³/mol. The molecule has 0 aliphatic carbocycles. The molecule has 21 heavy (non-hydrogen) atoms. The highest BCUT2D eigenvalue weighted by Gasteiger charge is 2.31. The van der Waals surface area contributed by atoms with Crippen molar-refractivity contribution < 1.29 is 13.2 Å². The Kier molecular flexibility index (Phi) is 4.91. The predicted octanol–water partition coefficient (Wildman–Crippen LogP) is 2.34. The number of halogens is 3. The maximum atomic E-state index is 12.7. The van der Waals surface area contributed by atoms with Crippen molar-refractivity contribution in [2.75, 3.05) is 33.7 Å². The molecule has 118 valence electrons. The minimum Gasteiger partial charge on any atom is -0.324 e. The lowest BCUT2D eigenvalue weighted by Crippen LogP contribution is -2.50. The fourth-order valence-corrected chi connectivity index (χ4v) is 2.73. The highest BCUT2D eigenvalue weighted by Crippen LogP contribution is 2.31. The Bertz CT molecular complexity index is 475. The normalized spacial score (nSPS) is 23.2. The molecule has 0 saturated carbocycles. The van der Waals surface area contributed by atoms with E-state index < -0.39 is 11.7 Å². The molecule has 2 rings (SSSR count). The highest BCUT2D eigenvalue weighted by atomic mass is 19.4. The number of nitrogens with two attached hydrogens (primary N) is 1. The topological polar surface area (TPSA) is 32.5 Å². The summed E-state index contributed by atoms with van der Waals surface area (Å²) in [6.07, 6.45) is -3.67. The quantitative estimate of drug-likeness (QED) is 0.930. The van der Waals surface area contributed by atoms with Gasteiger partial charge >= 0.3 is 6.18 Å². The number of likely N-dealkylation sites (N-methyl/N-ethyl adjacent to an activating group) is 2. The summed E-state index contributed by atoms with van der Waals surface area (Å²) in [4.78, 5) is 4.46. The minimum absolute atomic E-state index is 0.272. The van der Waals surface area contributed by atoms with Gasteiger partial charge in [-0.15, -0.1) is 0 Å². The Balaban J connectivity index is 2.08. The van der Waals surface area contributed by atoms with Crippen molar-refractivity contribution in [3.63, 3.8) is 0 Å². The fraction of sp³-hybridized carbons (Fsp3) is 0.600. The molecule has 2 N–H and O–H groups in total. The fourth-order valence-electron chi connectivity index (χ4n) is 2.73. The summed E-state index contributed by atoms with van der Waals surface area (Å²) in [5.41, 5.74) is 6.05. The summed E-state index contributed by atoms with van der Waals surface area (Å²) < 4.78 is 38.2. The van der Waals surface area contributed by atoms with Crippen molar-refractivity contribution in [3.05, 3.63) is 35.4 Å². The number of hydrogen-bond donors (Lipinski definition) is 1. The lowest BCUT2D eigenvalue weighted by atomic mass is 9.96. The van der Waals surface area contributed by atoms with Crippen LogP contribution in [0.25, 0.3) is 0 Å². The van der Waals surface area contributed by atoms with E-state index in [9.17, 15) is 13.2 Å². The van der Waals surface area contributed by atoms with E-state index in [-0.39, 0.29) is 12.1 Å². The molecule has 0 spiro atoms. The van der Waals surface area contributed by atoms with Crippen LogP contribution in [-0.4, -0.2) is 49.6 Å². The van der Waals surface area contributed by atoms with Crippen LogP contribution in [0.5, 0.6) is 0 Å². The largest absolute Gasteiger partial charge is 0.416 e. The molecule has 0 amide bonds. The minimum atomic E-state index is -4.32. The Morgan fingerprint density at radius 2 is 2.00 bits per heavy atom. The molecule has 2 atom stereocenters. The first-order valence-corrected chi connectivity index (χ1v) is 7.09. The number of rotatable bonds is 3. The zero-order valence-electron chi connectivity index (χ0n) is 12.4. The summed E-state index contributed by atoms with van der Waals surface area (Å²) in [7, 11) is 4.09. The summed E-state index contributed by atoms with van der Waals surface area (Å²) >= 11 is 0. The zero-order valence-corrected chi connectivity index (χ0v) is 12.4. The lowest BCUT2D eigenvalue weighted by molar-refractivity contribution is -0.137. The molecule has 1 aromatic rings. The van der Waals surface area contributed by atoms with Crippen LogP contribution in [0.3, 0.4) is 0 Å². The van der Waals surface area contributed by atoms with Gasteiger partial charge in [0.15, 0.2) is 0 Å². The second-order valence-electron chi connectivity index (χ2n) is 5.86. The molecule has 6 heteroatoms. The maximum absolute atomic E-state index is 12.7. The van der Waals surface area contributed by atoms with E-state index >= 15 is 0 Å². The number of benzene rings is 1. The monoisotopic (exact) mass is 301 g/mol. The third-order valence-electron chi connectivity index (χ3n) is 4.15. The van der Waals surface area contributed by atoms with Crippen molar-refractivity contribution >= 4 is 0 Å². The first kappa shape index (κ1) is 16.3. The number of piperazine rings is 1. The van der Waals surface area contributed by atoms with Gasteiger partial charge in [0.2, 0.25) is 0 Å². The second kappa shape index (κ2) is 6.34. The Hall–Kier alpha value is -1.11. The second-order valence-corrected chi connectivity index (χ2v) is 5.86. The van der Waals surface area contributed by atoms with E-state index in [1.165, 1.54) is 6.07 Å². The van der Waals surface area contributed by atoms with Gasteiger partial charge in [0.1, 0.15) is 0 Å². The van der Waals surface area contributed by atoms with E-state index in [1.54, 1.807) is 6.07 Å². The average Bonchev–Trinajstić information content (AvgIpc) is 2.42. The molecular formula is C15H22F3N3. The van der Waals surface area contributed by atoms with Gasteiger partial charge in [0, 0.05) is 31.7 Å². The van der Waals surface area contributed by atoms with E-state index in [2.05, 4.69) is 16.8 Å². The van der Waals surface area contributed by atoms with Crippen molar-refractivity contribution in [2.45, 2.75) is 24.7 Å². The summed E-state index contributed by atoms with van der Waals surface area (Å²) in [6.45, 7) is 2.85. The first-order chi connectivity index (χ1) is 9.77. The molecule has 1 saturated heterocycles. The Morgan fingerprint density at radius 1 is 1.29 bits per heavy atom. The molecule has 0 radical (unpaired) electrons. The third-order valence-corrected chi connectivity index (χ3v) is 4.15. The van der Waals surface area contributed by atoms with Crippen LogP contribution in [0.1, 0.15) is 23.6 Å². The molecule has 1 heterocycles. The molecule has 1 fully saturated rings. The van der Waals surface area contributed by atoms with Gasteiger partial charge in [-0.3, -0.25) is 0 Å². The smallest absolute Gasteiger partial charge is 0.324 e. The molecule has 3 nitrogen and oxygen atoms in total. The van der Waals surface area contributed by atoms with Gasteiger partial charge < -0.3 is 15.5 Å². The zero-order chi connectivity index (χ0) is 15.6. The summed E-state index contributed by atoms with van der Waals surface area (Å²) in [6, 6.07) is 5.23. The SMILES string of the molecule is CN1CCN(C)C(CC(N)c2cccc(C(F)(F)F)c2)C1. The molecule has 0 aromatic heterocycles. The number of alkyl halides is 3. The summed E-state index contributed by atoms with van der Waals surface area (Å²) in [5.74, 6) is 0. The van der Waals surface area contributed by atoms with Gasteiger partial charge in [0.05, 0.1) is 5.56 Å². The van der Waals surface area contributed by atoms with Crippen LogP contribution >= 0.6 is 0 Å². The van der Waals surface area contributed by atoms with Crippen LogP contribution in [0, 0.1) is 0 Å². The number of nitrogens with zero attached hydrogens (tertiary/aromatic N) is 2. The maximum Gasteiger partial charge on any atom is 0.416 e. The van der Waals surface area contributed by atoms with Crippen LogP contribution in [0.4, 0.5) is 13.2 Å². The van der Waals surface area contributed by atoms with Crippen molar-refractivity contribution in [1.82, 2.24) is 9.80 Å². The van der Waals surface area contributed by atoms with Crippen LogP contribution in [-0.2, 0) is 6.18 Å². The van der Waals surface area contributed by atoms with Gasteiger partial charge in [-0.2, -0.15) is 13.2 Å². The van der Waals surface area contributed by atoms with E-state index in [0.29, 0.717) is 12.0 Å². The van der Waals surface area contributed by atoms with Crippen LogP contribution in [0.2, 0.25) is 0 Å². The van der Waals surface area contributed by atoms with E-state index in [4.69, 9.17) is 5.73 Å². The van der Waals surface area contributed by atoms with Crippen LogP contribution < -0.4 is 5.73 Å².